The molecule has 0 radical (unpaired) electrons. The molecule has 0 aliphatic heterocycles. The normalized spacial score (nSPS) is 24.2. The molecule has 1 aliphatic carbocycles. The Morgan fingerprint density at radius 1 is 1.22 bits per heavy atom. The van der Waals surface area contributed by atoms with Crippen LogP contribution in [0.3, 0.4) is 0 Å². The summed E-state index contributed by atoms with van der Waals surface area (Å²) in [4.78, 5) is 11.9. The van der Waals surface area contributed by atoms with E-state index in [0.29, 0.717) is 19.9 Å². The van der Waals surface area contributed by atoms with Crippen LogP contribution in [0, 0.1) is 17.8 Å². The first kappa shape index (κ1) is 15.4. The van der Waals surface area contributed by atoms with Crippen LogP contribution in [0.2, 0.25) is 0 Å². The summed E-state index contributed by atoms with van der Waals surface area (Å²) in [7, 11) is 1.63. The first-order valence-corrected chi connectivity index (χ1v) is 6.99. The lowest BCUT2D eigenvalue weighted by Crippen LogP contribution is -2.35. The van der Waals surface area contributed by atoms with E-state index in [2.05, 4.69) is 19.2 Å². The number of hydrogen-bond donors (Lipinski definition) is 1. The summed E-state index contributed by atoms with van der Waals surface area (Å²) < 4.78 is 10.1. The Hall–Kier alpha value is -0.610. The summed E-state index contributed by atoms with van der Waals surface area (Å²) in [6.07, 6.45) is 4.40. The lowest BCUT2D eigenvalue weighted by Gasteiger charge is -2.30. The number of nitrogens with one attached hydrogen (secondary N) is 1. The lowest BCUT2D eigenvalue weighted by molar-refractivity contribution is -0.128. The summed E-state index contributed by atoms with van der Waals surface area (Å²) in [5.41, 5.74) is 0. The zero-order chi connectivity index (χ0) is 13.4. The second-order valence-electron chi connectivity index (χ2n) is 5.44. The van der Waals surface area contributed by atoms with Gasteiger partial charge >= 0.3 is 0 Å². The Balaban J connectivity index is 2.12. The van der Waals surface area contributed by atoms with Gasteiger partial charge in [-0.2, -0.15) is 0 Å². The van der Waals surface area contributed by atoms with Crippen molar-refractivity contribution >= 4 is 5.91 Å². The highest BCUT2D eigenvalue weighted by Crippen LogP contribution is 2.33. The van der Waals surface area contributed by atoms with Crippen LogP contribution in [-0.2, 0) is 14.3 Å². The SMILES string of the molecule is COCCOCNC(=O)C1CCC(C(C)C)CC1. The van der Waals surface area contributed by atoms with E-state index in [1.54, 1.807) is 7.11 Å². The van der Waals surface area contributed by atoms with Crippen molar-refractivity contribution < 1.29 is 14.3 Å². The number of carbonyl (C=O) groups is 1. The Morgan fingerprint density at radius 2 is 1.89 bits per heavy atom. The minimum atomic E-state index is 0.148. The van der Waals surface area contributed by atoms with Gasteiger partial charge in [-0.25, -0.2) is 0 Å². The van der Waals surface area contributed by atoms with Crippen molar-refractivity contribution in [2.45, 2.75) is 39.5 Å². The van der Waals surface area contributed by atoms with Gasteiger partial charge in [-0.1, -0.05) is 13.8 Å². The smallest absolute Gasteiger partial charge is 0.224 e. The first-order valence-electron chi connectivity index (χ1n) is 6.99. The van der Waals surface area contributed by atoms with Crippen LogP contribution in [-0.4, -0.2) is 33.0 Å². The Kier molecular flexibility index (Phi) is 7.28. The van der Waals surface area contributed by atoms with E-state index in [1.165, 1.54) is 12.8 Å². The molecule has 1 amide bonds. The van der Waals surface area contributed by atoms with E-state index < -0.39 is 0 Å². The second-order valence-corrected chi connectivity index (χ2v) is 5.44. The fourth-order valence-corrected chi connectivity index (χ4v) is 2.53. The van der Waals surface area contributed by atoms with Gasteiger partial charge in [0, 0.05) is 13.0 Å². The molecular formula is C14H27NO3. The quantitative estimate of drug-likeness (QED) is 0.562. The zero-order valence-electron chi connectivity index (χ0n) is 11.9. The molecule has 0 spiro atoms. The van der Waals surface area contributed by atoms with E-state index in [9.17, 15) is 4.79 Å². The summed E-state index contributed by atoms with van der Waals surface area (Å²) in [6.45, 7) is 5.93. The van der Waals surface area contributed by atoms with Crippen LogP contribution in [0.4, 0.5) is 0 Å². The molecule has 4 nitrogen and oxygen atoms in total. The van der Waals surface area contributed by atoms with Gasteiger partial charge < -0.3 is 14.8 Å². The van der Waals surface area contributed by atoms with Crippen molar-refractivity contribution in [3.05, 3.63) is 0 Å². The van der Waals surface area contributed by atoms with Crippen LogP contribution in [0.25, 0.3) is 0 Å². The molecule has 0 saturated heterocycles. The third-order valence-corrected chi connectivity index (χ3v) is 3.87. The average molecular weight is 257 g/mol. The van der Waals surface area contributed by atoms with Gasteiger partial charge in [-0.3, -0.25) is 4.79 Å². The molecule has 1 N–H and O–H groups in total. The van der Waals surface area contributed by atoms with Crippen molar-refractivity contribution in [2.24, 2.45) is 17.8 Å². The molecule has 0 unspecified atom stereocenters. The number of amides is 1. The van der Waals surface area contributed by atoms with Gasteiger partial charge in [-0.05, 0) is 37.5 Å². The van der Waals surface area contributed by atoms with Crippen molar-refractivity contribution in [1.29, 1.82) is 0 Å². The molecule has 106 valence electrons. The van der Waals surface area contributed by atoms with Crippen LogP contribution in [0.1, 0.15) is 39.5 Å². The minimum Gasteiger partial charge on any atom is -0.382 e. The van der Waals surface area contributed by atoms with Crippen LogP contribution in [0.5, 0.6) is 0 Å². The molecule has 0 bridgehead atoms. The predicted molar refractivity (Wildman–Crippen MR) is 71.1 cm³/mol. The third-order valence-electron chi connectivity index (χ3n) is 3.87. The molecule has 0 aromatic carbocycles. The molecule has 0 atom stereocenters. The largest absolute Gasteiger partial charge is 0.382 e. The van der Waals surface area contributed by atoms with Crippen molar-refractivity contribution in [3.8, 4) is 0 Å². The standard InChI is InChI=1S/C14H27NO3/c1-11(2)12-4-6-13(7-5-12)14(16)15-10-18-9-8-17-3/h11-13H,4-10H2,1-3H3,(H,15,16). The van der Waals surface area contributed by atoms with Gasteiger partial charge in [0.05, 0.1) is 13.2 Å². The highest BCUT2D eigenvalue weighted by atomic mass is 16.5. The first-order chi connectivity index (χ1) is 8.65. The molecular weight excluding hydrogens is 230 g/mol. The van der Waals surface area contributed by atoms with Crippen LogP contribution in [0.15, 0.2) is 0 Å². The van der Waals surface area contributed by atoms with Crippen LogP contribution >= 0.6 is 0 Å². The number of carbonyl (C=O) groups excluding carboxylic acids is 1. The van der Waals surface area contributed by atoms with Gasteiger partial charge in [0.1, 0.15) is 6.73 Å². The topological polar surface area (TPSA) is 47.6 Å². The van der Waals surface area contributed by atoms with E-state index in [4.69, 9.17) is 9.47 Å². The maximum atomic E-state index is 11.9. The molecule has 4 heteroatoms. The minimum absolute atomic E-state index is 0.148. The third kappa shape index (κ3) is 5.36. The Bertz CT molecular complexity index is 235. The molecule has 18 heavy (non-hydrogen) atoms. The monoisotopic (exact) mass is 257 g/mol. The van der Waals surface area contributed by atoms with Gasteiger partial charge in [0.15, 0.2) is 0 Å². The van der Waals surface area contributed by atoms with E-state index in [0.717, 1.165) is 24.7 Å². The number of methoxy groups -OCH3 is 1. The second kappa shape index (κ2) is 8.48. The maximum absolute atomic E-state index is 11.9. The molecule has 0 heterocycles. The summed E-state index contributed by atoms with van der Waals surface area (Å²) in [5, 5.41) is 2.84. The summed E-state index contributed by atoms with van der Waals surface area (Å²) in [5.74, 6) is 1.87. The molecule has 1 saturated carbocycles. The molecule has 0 aromatic rings. The lowest BCUT2D eigenvalue weighted by atomic mass is 9.77. The highest BCUT2D eigenvalue weighted by molar-refractivity contribution is 5.78. The average Bonchev–Trinajstić information content (AvgIpc) is 2.38. The van der Waals surface area contributed by atoms with E-state index >= 15 is 0 Å². The van der Waals surface area contributed by atoms with Crippen LogP contribution < -0.4 is 5.32 Å². The van der Waals surface area contributed by atoms with Gasteiger partial charge in [0.25, 0.3) is 0 Å². The van der Waals surface area contributed by atoms with E-state index in [1.807, 2.05) is 0 Å². The molecule has 1 rings (SSSR count). The van der Waals surface area contributed by atoms with Crippen molar-refractivity contribution in [3.63, 3.8) is 0 Å². The number of rotatable bonds is 7. The van der Waals surface area contributed by atoms with Crippen molar-refractivity contribution in [1.82, 2.24) is 5.32 Å². The Morgan fingerprint density at radius 3 is 2.44 bits per heavy atom. The van der Waals surface area contributed by atoms with E-state index in [-0.39, 0.29) is 11.8 Å². The predicted octanol–water partition coefficient (Wildman–Crippen LogP) is 2.19. The molecule has 1 aliphatic rings. The fraction of sp³-hybridized carbons (Fsp3) is 0.929. The molecule has 0 aromatic heterocycles. The fourth-order valence-electron chi connectivity index (χ4n) is 2.53. The number of hydrogen-bond acceptors (Lipinski definition) is 3. The summed E-state index contributed by atoms with van der Waals surface area (Å²) >= 11 is 0. The number of ether oxygens (including phenoxy) is 2. The highest BCUT2D eigenvalue weighted by Gasteiger charge is 2.27. The van der Waals surface area contributed by atoms with Crippen molar-refractivity contribution in [2.75, 3.05) is 27.1 Å². The van der Waals surface area contributed by atoms with Gasteiger partial charge in [-0.15, -0.1) is 0 Å². The molecule has 1 fully saturated rings. The maximum Gasteiger partial charge on any atom is 0.224 e. The Labute approximate surface area is 110 Å². The van der Waals surface area contributed by atoms with Gasteiger partial charge in [0.2, 0.25) is 5.91 Å². The zero-order valence-corrected chi connectivity index (χ0v) is 11.9. The summed E-state index contributed by atoms with van der Waals surface area (Å²) in [6, 6.07) is 0.